The first-order valence-corrected chi connectivity index (χ1v) is 5.47. The van der Waals surface area contributed by atoms with Crippen LogP contribution in [0, 0.1) is 0 Å². The summed E-state index contributed by atoms with van der Waals surface area (Å²) in [4.78, 5) is 4.17. The number of hydrogen-bond acceptors (Lipinski definition) is 3. The van der Waals surface area contributed by atoms with E-state index in [0.29, 0.717) is 6.04 Å². The second kappa shape index (κ2) is 3.66. The van der Waals surface area contributed by atoms with Crippen molar-refractivity contribution in [2.24, 2.45) is 0 Å². The van der Waals surface area contributed by atoms with E-state index in [1.165, 1.54) is 24.8 Å². The average molecular weight is 202 g/mol. The molecule has 1 saturated heterocycles. The Morgan fingerprint density at radius 2 is 2.47 bits per heavy atom. The van der Waals surface area contributed by atoms with E-state index in [1.807, 2.05) is 6.07 Å². The van der Waals surface area contributed by atoms with Crippen LogP contribution in [0.25, 0.3) is 11.1 Å². The van der Waals surface area contributed by atoms with Crippen molar-refractivity contribution in [3.63, 3.8) is 0 Å². The van der Waals surface area contributed by atoms with Crippen LogP contribution >= 0.6 is 0 Å². The molecule has 1 unspecified atom stereocenters. The molecular weight excluding hydrogens is 188 g/mol. The van der Waals surface area contributed by atoms with Crippen LogP contribution in [0.5, 0.6) is 0 Å². The average Bonchev–Trinajstić information content (AvgIpc) is 2.87. The molecule has 0 radical (unpaired) electrons. The van der Waals surface area contributed by atoms with Crippen molar-refractivity contribution < 1.29 is 4.42 Å². The van der Waals surface area contributed by atoms with Gasteiger partial charge in [-0.05, 0) is 43.5 Å². The molecular formula is C12H14N2O. The predicted octanol–water partition coefficient (Wildman–Crippen LogP) is 2.12. The number of benzene rings is 1. The van der Waals surface area contributed by atoms with Gasteiger partial charge in [-0.2, -0.15) is 0 Å². The summed E-state index contributed by atoms with van der Waals surface area (Å²) in [6.07, 6.45) is 5.19. The SMILES string of the molecule is c1nc2cc(CC3CCCN3)ccc2o1. The molecule has 0 saturated carbocycles. The Balaban J connectivity index is 1.84. The van der Waals surface area contributed by atoms with Crippen LogP contribution in [0.3, 0.4) is 0 Å². The van der Waals surface area contributed by atoms with Gasteiger partial charge in [0.1, 0.15) is 5.52 Å². The molecule has 0 spiro atoms. The monoisotopic (exact) mass is 202 g/mol. The van der Waals surface area contributed by atoms with Gasteiger partial charge in [-0.25, -0.2) is 4.98 Å². The molecule has 1 atom stereocenters. The minimum absolute atomic E-state index is 0.648. The van der Waals surface area contributed by atoms with Gasteiger partial charge in [0.2, 0.25) is 0 Å². The second-order valence-electron chi connectivity index (χ2n) is 4.15. The topological polar surface area (TPSA) is 38.1 Å². The first-order valence-electron chi connectivity index (χ1n) is 5.47. The van der Waals surface area contributed by atoms with Crippen molar-refractivity contribution in [2.45, 2.75) is 25.3 Å². The van der Waals surface area contributed by atoms with Gasteiger partial charge in [-0.3, -0.25) is 0 Å². The number of fused-ring (bicyclic) bond motifs is 1. The Morgan fingerprint density at radius 3 is 3.33 bits per heavy atom. The van der Waals surface area contributed by atoms with E-state index in [2.05, 4.69) is 22.4 Å². The molecule has 0 aliphatic carbocycles. The minimum Gasteiger partial charge on any atom is -0.443 e. The van der Waals surface area contributed by atoms with Crippen molar-refractivity contribution in [3.8, 4) is 0 Å². The third-order valence-electron chi connectivity index (χ3n) is 3.04. The highest BCUT2D eigenvalue weighted by atomic mass is 16.3. The van der Waals surface area contributed by atoms with Crippen LogP contribution in [0.2, 0.25) is 0 Å². The highest BCUT2D eigenvalue weighted by Crippen LogP contribution is 2.17. The van der Waals surface area contributed by atoms with Crippen LogP contribution in [0.15, 0.2) is 29.0 Å². The largest absolute Gasteiger partial charge is 0.443 e. The van der Waals surface area contributed by atoms with Crippen molar-refractivity contribution in [1.29, 1.82) is 0 Å². The number of nitrogens with one attached hydrogen (secondary N) is 1. The molecule has 3 nitrogen and oxygen atoms in total. The van der Waals surface area contributed by atoms with Gasteiger partial charge < -0.3 is 9.73 Å². The summed E-state index contributed by atoms with van der Waals surface area (Å²) in [6, 6.07) is 6.91. The Labute approximate surface area is 88.5 Å². The van der Waals surface area contributed by atoms with Crippen molar-refractivity contribution in [1.82, 2.24) is 10.3 Å². The Morgan fingerprint density at radius 1 is 1.47 bits per heavy atom. The van der Waals surface area contributed by atoms with E-state index in [9.17, 15) is 0 Å². The standard InChI is InChI=1S/C12H14N2O/c1-2-10(13-5-1)6-9-3-4-12-11(7-9)14-8-15-12/h3-4,7-8,10,13H,1-2,5-6H2. The quantitative estimate of drug-likeness (QED) is 0.810. The normalized spacial score (nSPS) is 21.2. The number of hydrogen-bond donors (Lipinski definition) is 1. The molecule has 2 heterocycles. The molecule has 15 heavy (non-hydrogen) atoms. The third-order valence-corrected chi connectivity index (χ3v) is 3.04. The van der Waals surface area contributed by atoms with E-state index < -0.39 is 0 Å². The molecule has 0 bridgehead atoms. The van der Waals surface area contributed by atoms with Gasteiger partial charge in [-0.15, -0.1) is 0 Å². The fourth-order valence-electron chi connectivity index (χ4n) is 2.25. The maximum atomic E-state index is 5.22. The Hall–Kier alpha value is -1.35. The van der Waals surface area contributed by atoms with Gasteiger partial charge in [-0.1, -0.05) is 6.07 Å². The number of oxazole rings is 1. The summed E-state index contributed by atoms with van der Waals surface area (Å²) in [5, 5.41) is 3.50. The van der Waals surface area contributed by atoms with E-state index in [1.54, 1.807) is 0 Å². The molecule has 1 N–H and O–H groups in total. The highest BCUT2D eigenvalue weighted by Gasteiger charge is 2.14. The fourth-order valence-corrected chi connectivity index (χ4v) is 2.25. The summed E-state index contributed by atoms with van der Waals surface area (Å²) in [7, 11) is 0. The summed E-state index contributed by atoms with van der Waals surface area (Å²) in [5.41, 5.74) is 3.18. The van der Waals surface area contributed by atoms with Crippen molar-refractivity contribution in [2.75, 3.05) is 6.54 Å². The number of aromatic nitrogens is 1. The van der Waals surface area contributed by atoms with Gasteiger partial charge >= 0.3 is 0 Å². The number of nitrogens with zero attached hydrogens (tertiary/aromatic N) is 1. The summed E-state index contributed by atoms with van der Waals surface area (Å²) < 4.78 is 5.22. The van der Waals surface area contributed by atoms with Crippen molar-refractivity contribution in [3.05, 3.63) is 30.2 Å². The molecule has 3 heteroatoms. The lowest BCUT2D eigenvalue weighted by atomic mass is 10.0. The van der Waals surface area contributed by atoms with Gasteiger partial charge in [0.25, 0.3) is 0 Å². The maximum absolute atomic E-state index is 5.22. The zero-order chi connectivity index (χ0) is 10.1. The highest BCUT2D eigenvalue weighted by molar-refractivity contribution is 5.72. The zero-order valence-corrected chi connectivity index (χ0v) is 8.57. The molecule has 1 aromatic carbocycles. The van der Waals surface area contributed by atoms with E-state index in [0.717, 1.165) is 24.1 Å². The molecule has 1 fully saturated rings. The lowest BCUT2D eigenvalue weighted by Crippen LogP contribution is -2.23. The van der Waals surface area contributed by atoms with E-state index >= 15 is 0 Å². The molecule has 78 valence electrons. The van der Waals surface area contributed by atoms with Crippen molar-refractivity contribution >= 4 is 11.1 Å². The lowest BCUT2D eigenvalue weighted by Gasteiger charge is -2.09. The molecule has 2 aromatic rings. The van der Waals surface area contributed by atoms with Gasteiger partial charge in [0, 0.05) is 6.04 Å². The van der Waals surface area contributed by atoms with Crippen LogP contribution in [0.4, 0.5) is 0 Å². The van der Waals surface area contributed by atoms with E-state index in [-0.39, 0.29) is 0 Å². The Kier molecular flexibility index (Phi) is 2.18. The van der Waals surface area contributed by atoms with Crippen LogP contribution in [-0.2, 0) is 6.42 Å². The van der Waals surface area contributed by atoms with E-state index in [4.69, 9.17) is 4.42 Å². The van der Waals surface area contributed by atoms with Gasteiger partial charge in [0.05, 0.1) is 0 Å². The predicted molar refractivity (Wildman–Crippen MR) is 58.7 cm³/mol. The zero-order valence-electron chi connectivity index (χ0n) is 8.57. The minimum atomic E-state index is 0.648. The van der Waals surface area contributed by atoms with Crippen LogP contribution in [-0.4, -0.2) is 17.6 Å². The molecule has 1 aromatic heterocycles. The molecule has 1 aliphatic rings. The third kappa shape index (κ3) is 1.75. The first kappa shape index (κ1) is 8.92. The summed E-state index contributed by atoms with van der Waals surface area (Å²) in [5.74, 6) is 0. The maximum Gasteiger partial charge on any atom is 0.181 e. The van der Waals surface area contributed by atoms with Gasteiger partial charge in [0.15, 0.2) is 12.0 Å². The smallest absolute Gasteiger partial charge is 0.181 e. The van der Waals surface area contributed by atoms with Crippen LogP contribution < -0.4 is 5.32 Å². The summed E-state index contributed by atoms with van der Waals surface area (Å²) >= 11 is 0. The lowest BCUT2D eigenvalue weighted by molar-refractivity contribution is 0.599. The molecule has 3 rings (SSSR count). The molecule has 0 amide bonds. The number of rotatable bonds is 2. The second-order valence-corrected chi connectivity index (χ2v) is 4.15. The van der Waals surface area contributed by atoms with Crippen LogP contribution in [0.1, 0.15) is 18.4 Å². The first-order chi connectivity index (χ1) is 7.42. The summed E-state index contributed by atoms with van der Waals surface area (Å²) in [6.45, 7) is 1.16. The fraction of sp³-hybridized carbons (Fsp3) is 0.417. The Bertz CT molecular complexity index is 457. The molecule has 1 aliphatic heterocycles.